The Bertz CT molecular complexity index is 1120. The van der Waals surface area contributed by atoms with Gasteiger partial charge in [-0.3, -0.25) is 14.8 Å². The monoisotopic (exact) mass is 348 g/mol. The molecule has 1 saturated heterocycles. The maximum Gasteiger partial charge on any atom is 0.272 e. The van der Waals surface area contributed by atoms with Gasteiger partial charge in [-0.05, 0) is 31.5 Å². The molecule has 0 spiro atoms. The predicted molar refractivity (Wildman–Crippen MR) is 99.1 cm³/mol. The van der Waals surface area contributed by atoms with Crippen LogP contribution in [0.3, 0.4) is 0 Å². The molecule has 1 aliphatic heterocycles. The van der Waals surface area contributed by atoms with Crippen LogP contribution in [0.5, 0.6) is 0 Å². The first-order valence-corrected chi connectivity index (χ1v) is 8.98. The second-order valence-electron chi connectivity index (χ2n) is 6.91. The van der Waals surface area contributed by atoms with E-state index in [9.17, 15) is 4.79 Å². The smallest absolute Gasteiger partial charge is 0.272 e. The molecule has 0 amide bonds. The Morgan fingerprint density at radius 1 is 1.23 bits per heavy atom. The minimum atomic E-state index is -0.0656. The fourth-order valence-electron chi connectivity index (χ4n) is 3.96. The van der Waals surface area contributed by atoms with Crippen LogP contribution in [0.4, 0.5) is 0 Å². The Hall–Kier alpha value is -2.93. The fourth-order valence-corrected chi connectivity index (χ4v) is 3.96. The zero-order valence-corrected chi connectivity index (χ0v) is 14.4. The van der Waals surface area contributed by atoms with E-state index in [0.717, 1.165) is 37.1 Å². The summed E-state index contributed by atoms with van der Waals surface area (Å²) in [6, 6.07) is 12.1. The second-order valence-corrected chi connectivity index (χ2v) is 6.91. The molecule has 132 valence electrons. The van der Waals surface area contributed by atoms with Gasteiger partial charge in [-0.1, -0.05) is 12.1 Å². The number of aromatic amines is 1. The lowest BCUT2D eigenvalue weighted by Crippen LogP contribution is -2.36. The van der Waals surface area contributed by atoms with Crippen molar-refractivity contribution in [3.63, 3.8) is 0 Å². The molecule has 1 unspecified atom stereocenters. The van der Waals surface area contributed by atoms with Gasteiger partial charge in [-0.2, -0.15) is 0 Å². The first-order valence-electron chi connectivity index (χ1n) is 8.98. The molecule has 1 aromatic carbocycles. The van der Waals surface area contributed by atoms with E-state index in [0.29, 0.717) is 18.2 Å². The first-order chi connectivity index (χ1) is 12.8. The van der Waals surface area contributed by atoms with Gasteiger partial charge in [0.15, 0.2) is 5.65 Å². The highest BCUT2D eigenvalue weighted by Crippen LogP contribution is 2.26. The number of imidazole rings is 1. The molecule has 1 aliphatic rings. The summed E-state index contributed by atoms with van der Waals surface area (Å²) in [5, 5.41) is 2.88. The molecule has 0 saturated carbocycles. The normalized spacial score (nSPS) is 18.7. The van der Waals surface area contributed by atoms with Crippen molar-refractivity contribution < 1.29 is 0 Å². The summed E-state index contributed by atoms with van der Waals surface area (Å²) in [6.45, 7) is 2.66. The number of fused-ring (bicyclic) bond motifs is 2. The Morgan fingerprint density at radius 2 is 2.15 bits per heavy atom. The summed E-state index contributed by atoms with van der Waals surface area (Å²) in [6.07, 6.45) is 5.95. The molecule has 3 aromatic heterocycles. The maximum absolute atomic E-state index is 12.2. The molecule has 1 N–H and O–H groups in total. The van der Waals surface area contributed by atoms with Crippen LogP contribution in [-0.4, -0.2) is 42.1 Å². The molecule has 26 heavy (non-hydrogen) atoms. The van der Waals surface area contributed by atoms with Crippen LogP contribution in [0.1, 0.15) is 24.6 Å². The number of nitrogens with zero attached hydrogens (tertiary/aromatic N) is 5. The van der Waals surface area contributed by atoms with Gasteiger partial charge in [0.25, 0.3) is 5.56 Å². The lowest BCUT2D eigenvalue weighted by Gasteiger charge is -2.33. The lowest BCUT2D eigenvalue weighted by molar-refractivity contribution is 0.170. The van der Waals surface area contributed by atoms with Gasteiger partial charge in [-0.15, -0.1) is 0 Å². The molecule has 5 rings (SSSR count). The molecule has 7 heteroatoms. The van der Waals surface area contributed by atoms with Crippen LogP contribution in [-0.2, 0) is 6.54 Å². The SMILES string of the molecule is O=c1cc(CN2CCCC(n3cnc4ccccc43)C2)nc2cc[nH]n12. The van der Waals surface area contributed by atoms with Crippen molar-refractivity contribution in [3.8, 4) is 0 Å². The van der Waals surface area contributed by atoms with Crippen molar-refractivity contribution in [1.29, 1.82) is 0 Å². The number of benzene rings is 1. The van der Waals surface area contributed by atoms with Crippen molar-refractivity contribution in [3.05, 3.63) is 65.0 Å². The highest BCUT2D eigenvalue weighted by Gasteiger charge is 2.23. The third-order valence-electron chi connectivity index (χ3n) is 5.17. The number of piperidine rings is 1. The number of H-pyrrole nitrogens is 1. The van der Waals surface area contributed by atoms with Crippen molar-refractivity contribution in [2.75, 3.05) is 13.1 Å². The largest absolute Gasteiger partial charge is 0.326 e. The average molecular weight is 348 g/mol. The minimum Gasteiger partial charge on any atom is -0.326 e. The quantitative estimate of drug-likeness (QED) is 0.616. The van der Waals surface area contributed by atoms with E-state index >= 15 is 0 Å². The number of aromatic nitrogens is 5. The van der Waals surface area contributed by atoms with Crippen LogP contribution in [0.2, 0.25) is 0 Å². The molecule has 4 aromatic rings. The lowest BCUT2D eigenvalue weighted by atomic mass is 10.0. The summed E-state index contributed by atoms with van der Waals surface area (Å²) in [5.74, 6) is 0. The predicted octanol–water partition coefficient (Wildman–Crippen LogP) is 2.21. The molecule has 0 aliphatic carbocycles. The van der Waals surface area contributed by atoms with Crippen molar-refractivity contribution in [1.82, 2.24) is 29.0 Å². The van der Waals surface area contributed by atoms with Gasteiger partial charge in [0, 0.05) is 37.5 Å². The standard InChI is InChI=1S/C19H20N6O/c26-19-10-14(22-18-7-8-21-25(18)19)11-23-9-3-4-15(12-23)24-13-20-16-5-1-2-6-17(16)24/h1-2,5-8,10,13,15,21H,3-4,9,11-12H2. The van der Waals surface area contributed by atoms with E-state index in [4.69, 9.17) is 0 Å². The zero-order chi connectivity index (χ0) is 17.5. The van der Waals surface area contributed by atoms with E-state index in [2.05, 4.69) is 42.7 Å². The number of hydrogen-bond donors (Lipinski definition) is 1. The first kappa shape index (κ1) is 15.3. The number of para-hydroxylation sites is 2. The summed E-state index contributed by atoms with van der Waals surface area (Å²) in [5.41, 5.74) is 3.65. The molecular formula is C19H20N6O. The van der Waals surface area contributed by atoms with Crippen LogP contribution >= 0.6 is 0 Å². The second kappa shape index (κ2) is 6.10. The van der Waals surface area contributed by atoms with E-state index in [-0.39, 0.29) is 5.56 Å². The van der Waals surface area contributed by atoms with E-state index in [1.54, 1.807) is 12.3 Å². The maximum atomic E-state index is 12.2. The van der Waals surface area contributed by atoms with Crippen molar-refractivity contribution in [2.45, 2.75) is 25.4 Å². The van der Waals surface area contributed by atoms with Crippen LogP contribution in [0.15, 0.2) is 53.7 Å². The summed E-state index contributed by atoms with van der Waals surface area (Å²) < 4.78 is 3.75. The summed E-state index contributed by atoms with van der Waals surface area (Å²) in [7, 11) is 0. The Morgan fingerprint density at radius 3 is 3.12 bits per heavy atom. The molecule has 1 fully saturated rings. The fraction of sp³-hybridized carbons (Fsp3) is 0.316. The molecule has 4 heterocycles. The van der Waals surface area contributed by atoms with Crippen LogP contribution in [0, 0.1) is 0 Å². The van der Waals surface area contributed by atoms with E-state index in [1.165, 1.54) is 10.0 Å². The molecule has 1 atom stereocenters. The van der Waals surface area contributed by atoms with Crippen molar-refractivity contribution >= 4 is 16.7 Å². The van der Waals surface area contributed by atoms with Crippen molar-refractivity contribution in [2.24, 2.45) is 0 Å². The number of rotatable bonds is 3. The van der Waals surface area contributed by atoms with Gasteiger partial charge < -0.3 is 4.57 Å². The molecule has 0 bridgehead atoms. The van der Waals surface area contributed by atoms with Gasteiger partial charge in [-0.25, -0.2) is 14.5 Å². The average Bonchev–Trinajstić information content (AvgIpc) is 3.29. The highest BCUT2D eigenvalue weighted by atomic mass is 16.1. The third kappa shape index (κ3) is 2.61. The molecular weight excluding hydrogens is 328 g/mol. The third-order valence-corrected chi connectivity index (χ3v) is 5.17. The number of likely N-dealkylation sites (tertiary alicyclic amines) is 1. The van der Waals surface area contributed by atoms with E-state index in [1.807, 2.05) is 18.5 Å². The zero-order valence-electron chi connectivity index (χ0n) is 14.4. The summed E-state index contributed by atoms with van der Waals surface area (Å²) in [4.78, 5) is 23.7. The summed E-state index contributed by atoms with van der Waals surface area (Å²) >= 11 is 0. The minimum absolute atomic E-state index is 0.0656. The Kier molecular flexibility index (Phi) is 3.60. The van der Waals surface area contributed by atoms with Crippen LogP contribution < -0.4 is 5.56 Å². The Labute approximate surface area is 149 Å². The molecule has 7 nitrogen and oxygen atoms in total. The number of hydrogen-bond acceptors (Lipinski definition) is 4. The van der Waals surface area contributed by atoms with Crippen LogP contribution in [0.25, 0.3) is 16.7 Å². The van der Waals surface area contributed by atoms with Gasteiger partial charge >= 0.3 is 0 Å². The van der Waals surface area contributed by atoms with E-state index < -0.39 is 0 Å². The van der Waals surface area contributed by atoms with Gasteiger partial charge in [0.2, 0.25) is 0 Å². The highest BCUT2D eigenvalue weighted by molar-refractivity contribution is 5.75. The number of nitrogens with one attached hydrogen (secondary N) is 1. The van der Waals surface area contributed by atoms with Gasteiger partial charge in [0.1, 0.15) is 0 Å². The molecule has 0 radical (unpaired) electrons. The Balaban J connectivity index is 1.39. The van der Waals surface area contributed by atoms with Gasteiger partial charge in [0.05, 0.1) is 23.1 Å². The topological polar surface area (TPSA) is 71.2 Å².